The van der Waals surface area contributed by atoms with E-state index in [9.17, 15) is 16.9 Å². The van der Waals surface area contributed by atoms with Crippen molar-refractivity contribution in [3.63, 3.8) is 0 Å². The van der Waals surface area contributed by atoms with E-state index < -0.39 is 91.6 Å². The van der Waals surface area contributed by atoms with E-state index in [2.05, 4.69) is 9.72 Å². The average molecular weight is 502 g/mol. The van der Waals surface area contributed by atoms with Gasteiger partial charge < -0.3 is 14.6 Å². The predicted molar refractivity (Wildman–Crippen MR) is 142 cm³/mol. The molecule has 0 radical (unpaired) electrons. The fourth-order valence-electron chi connectivity index (χ4n) is 4.73. The molecule has 2 saturated heterocycles. The van der Waals surface area contributed by atoms with Gasteiger partial charge in [0.05, 0.1) is 35.8 Å². The third-order valence-electron chi connectivity index (χ3n) is 6.56. The topological polar surface area (TPSA) is 72.4 Å². The molecule has 0 unspecified atom stereocenters. The normalized spacial score (nSPS) is 40.6. The van der Waals surface area contributed by atoms with E-state index in [1.54, 1.807) is 19.9 Å². The zero-order valence-electron chi connectivity index (χ0n) is 38.5. The second kappa shape index (κ2) is 8.76. The molecule has 0 amide bonds. The highest BCUT2D eigenvalue weighted by Gasteiger charge is 2.40. The summed E-state index contributed by atoms with van der Waals surface area (Å²) in [6.07, 6.45) is -11.3. The lowest BCUT2D eigenvalue weighted by atomic mass is 9.70. The number of carbonyl (C=O) groups is 1. The Bertz CT molecular complexity index is 2160. The highest BCUT2D eigenvalue weighted by molar-refractivity contribution is 6.20. The number of fused-ring (bicyclic) bond motifs is 4. The number of aryl methyl sites for hydroxylation is 1. The van der Waals surface area contributed by atoms with Gasteiger partial charge in [-0.3, -0.25) is 9.69 Å². The number of morpholine rings is 1. The molecule has 0 atom stereocenters. The summed E-state index contributed by atoms with van der Waals surface area (Å²) in [7, 11) is 0. The van der Waals surface area contributed by atoms with E-state index >= 15 is 0 Å². The number of nitriles is 1. The van der Waals surface area contributed by atoms with Gasteiger partial charge in [0.25, 0.3) is 0 Å². The molecule has 3 aliphatic rings. The number of nitrogens with zero attached hydrogens (tertiary/aromatic N) is 3. The molecule has 2 fully saturated rings. The van der Waals surface area contributed by atoms with Crippen LogP contribution in [-0.4, -0.2) is 60.8 Å². The Morgan fingerprint density at radius 1 is 1.22 bits per heavy atom. The van der Waals surface area contributed by atoms with Crippen molar-refractivity contribution in [2.24, 2.45) is 0 Å². The first-order valence-electron chi connectivity index (χ1n) is 20.6. The van der Waals surface area contributed by atoms with Gasteiger partial charge in [-0.05, 0) is 54.5 Å². The number of hydrogen-bond donors (Lipinski definition) is 1. The minimum absolute atomic E-state index is 0.0257. The molecule has 0 spiro atoms. The van der Waals surface area contributed by atoms with Crippen molar-refractivity contribution in [1.29, 1.82) is 5.26 Å². The first kappa shape index (κ1) is 10.3. The number of aromatic amines is 1. The maximum absolute atomic E-state index is 14.3. The quantitative estimate of drug-likeness (QED) is 0.560. The van der Waals surface area contributed by atoms with Gasteiger partial charge in [-0.15, -0.1) is 0 Å². The molecular formula is C30H34N4O2. The summed E-state index contributed by atoms with van der Waals surface area (Å²) in [4.78, 5) is 16.5. The van der Waals surface area contributed by atoms with Crippen molar-refractivity contribution in [3.8, 4) is 6.07 Å². The summed E-state index contributed by atoms with van der Waals surface area (Å²) in [5.41, 5.74) is -1.69. The van der Waals surface area contributed by atoms with Gasteiger partial charge in [0.15, 0.2) is 5.78 Å². The molecule has 3 heterocycles. The van der Waals surface area contributed by atoms with Crippen LogP contribution in [0, 0.1) is 11.3 Å². The van der Waals surface area contributed by atoms with E-state index in [4.69, 9.17) is 19.2 Å². The second-order valence-electron chi connectivity index (χ2n) is 8.89. The van der Waals surface area contributed by atoms with Crippen LogP contribution < -0.4 is 4.90 Å². The van der Waals surface area contributed by atoms with Crippen LogP contribution >= 0.6 is 0 Å². The number of carbonyl (C=O) groups excluding carboxylic acids is 1. The fourth-order valence-corrected chi connectivity index (χ4v) is 4.73. The van der Waals surface area contributed by atoms with Crippen LogP contribution in [-0.2, 0) is 16.5 Å². The molecule has 6 rings (SSSR count). The number of benzene rings is 2. The first-order chi connectivity index (χ1) is 24.5. The van der Waals surface area contributed by atoms with Crippen molar-refractivity contribution in [2.45, 2.75) is 51.3 Å². The molecule has 0 saturated carbocycles. The Labute approximate surface area is 239 Å². The molecule has 2 aliphatic heterocycles. The van der Waals surface area contributed by atoms with Crippen LogP contribution in [0.25, 0.3) is 10.9 Å². The largest absolute Gasteiger partial charge is 0.379 e. The third kappa shape index (κ3) is 3.56. The van der Waals surface area contributed by atoms with Crippen LogP contribution in [0.1, 0.15) is 97.9 Å². The lowest BCUT2D eigenvalue weighted by Gasteiger charge is -2.42. The number of H-pyrrole nitrogens is 1. The maximum atomic E-state index is 14.3. The fraction of sp³-hybridized carbons (Fsp3) is 0.467. The highest BCUT2D eigenvalue weighted by Crippen LogP contribution is 2.46. The number of aromatic nitrogens is 1. The molecule has 36 heavy (non-hydrogen) atoms. The Morgan fingerprint density at radius 3 is 2.67 bits per heavy atom. The van der Waals surface area contributed by atoms with Gasteiger partial charge in [-0.2, -0.15) is 5.26 Å². The molecule has 0 bridgehead atoms. The number of nitrogens with one attached hydrogen (secondary N) is 1. The van der Waals surface area contributed by atoms with Crippen LogP contribution in [0.5, 0.6) is 0 Å². The zero-order valence-corrected chi connectivity index (χ0v) is 19.5. The molecule has 2 aromatic carbocycles. The summed E-state index contributed by atoms with van der Waals surface area (Å²) < 4.78 is 170. The maximum Gasteiger partial charge on any atom is 0.195 e. The number of anilines is 1. The van der Waals surface area contributed by atoms with Crippen molar-refractivity contribution >= 4 is 22.4 Å². The Balaban J connectivity index is 1.66. The van der Waals surface area contributed by atoms with Crippen molar-refractivity contribution < 1.29 is 35.6 Å². The predicted octanol–water partition coefficient (Wildman–Crippen LogP) is 4.77. The average Bonchev–Trinajstić information content (AvgIpc) is 3.41. The van der Waals surface area contributed by atoms with E-state index in [1.807, 2.05) is 6.07 Å². The van der Waals surface area contributed by atoms with Gasteiger partial charge in [-0.25, -0.2) is 0 Å². The van der Waals surface area contributed by atoms with Gasteiger partial charge >= 0.3 is 0 Å². The van der Waals surface area contributed by atoms with E-state index in [1.165, 1.54) is 12.1 Å². The van der Waals surface area contributed by atoms with Crippen molar-refractivity contribution in [2.75, 3.05) is 44.0 Å². The first-order valence-corrected chi connectivity index (χ1v) is 11.1. The van der Waals surface area contributed by atoms with Crippen molar-refractivity contribution in [3.05, 3.63) is 63.8 Å². The Hall–Kier alpha value is -3.14. The molecule has 1 N–H and O–H groups in total. The summed E-state index contributed by atoms with van der Waals surface area (Å²) in [6, 6.07) is 4.07. The molecule has 1 aromatic heterocycles. The Morgan fingerprint density at radius 2 is 1.97 bits per heavy atom. The number of ketones is 1. The number of piperidine rings is 1. The molecule has 6 heteroatoms. The Kier molecular flexibility index (Phi) is 2.51. The van der Waals surface area contributed by atoms with E-state index in [-0.39, 0.29) is 27.2 Å². The smallest absolute Gasteiger partial charge is 0.195 e. The van der Waals surface area contributed by atoms with Crippen molar-refractivity contribution in [1.82, 2.24) is 9.88 Å². The van der Waals surface area contributed by atoms with Crippen LogP contribution in [0.15, 0.2) is 30.3 Å². The van der Waals surface area contributed by atoms with Crippen LogP contribution in [0.4, 0.5) is 5.69 Å². The van der Waals surface area contributed by atoms with Crippen LogP contribution in [0.2, 0.25) is 0 Å². The molecule has 186 valence electrons. The third-order valence-corrected chi connectivity index (χ3v) is 6.56. The molecule has 3 aromatic rings. The molecular weight excluding hydrogens is 448 g/mol. The zero-order chi connectivity index (χ0) is 42.1. The lowest BCUT2D eigenvalue weighted by molar-refractivity contribution is 0.0115. The van der Waals surface area contributed by atoms with Gasteiger partial charge in [0.2, 0.25) is 0 Å². The lowest BCUT2D eigenvalue weighted by Crippen LogP contribution is -2.49. The SMILES string of the molecule is [2H]C([2H])(C)c1cc2c(cc1N1C([2H])([2H])C([2H])([2H])C([2H])(N3C([2H])([2H])C([2H])([2H])OC([2H])([2H])C3([2H])[2H])C([2H])([2H])C1([2H])[2H])C(C)(C)c1[nH]c3cc(C#N)ccc3c1C2=O. The second-order valence-corrected chi connectivity index (χ2v) is 8.89. The van der Waals surface area contributed by atoms with Gasteiger partial charge in [0, 0.05) is 85.8 Å². The summed E-state index contributed by atoms with van der Waals surface area (Å²) in [6.45, 7) is -20.3. The number of hydrogen-bond acceptors (Lipinski definition) is 5. The van der Waals surface area contributed by atoms with E-state index in [0.29, 0.717) is 16.6 Å². The summed E-state index contributed by atoms with van der Waals surface area (Å²) >= 11 is 0. The van der Waals surface area contributed by atoms with Crippen LogP contribution in [0.3, 0.4) is 0 Å². The highest BCUT2D eigenvalue weighted by atomic mass is 16.5. The van der Waals surface area contributed by atoms with E-state index in [0.717, 1.165) is 19.1 Å². The minimum atomic E-state index is -4.52. The van der Waals surface area contributed by atoms with Gasteiger partial charge in [0.1, 0.15) is 0 Å². The minimum Gasteiger partial charge on any atom is -0.379 e. The monoisotopic (exact) mass is 501 g/mol. The number of ether oxygens (including phenoxy) is 1. The summed E-state index contributed by atoms with van der Waals surface area (Å²) in [5.74, 6) is -0.641. The van der Waals surface area contributed by atoms with Gasteiger partial charge in [-0.1, -0.05) is 26.8 Å². The standard InChI is InChI=1S/C30H34N4O2/c1-4-20-16-23-24(17-26(20)34-9-7-21(8-10-34)33-11-13-36-14-12-33)30(2,3)29-27(28(23)35)22-6-5-19(18-31)15-25(22)32-29/h5-6,15-17,21,32H,4,7-14H2,1-3H3/i4D2,7D2,8D2,9D2,10D2,11D2,12D2,13D2,14D2,21D. The summed E-state index contributed by atoms with van der Waals surface area (Å²) in [5, 5.41) is 9.87. The molecule has 1 aliphatic carbocycles. The molecule has 6 nitrogen and oxygen atoms in total. The number of rotatable bonds is 3.